The van der Waals surface area contributed by atoms with Crippen LogP contribution in [0.4, 0.5) is 13.2 Å². The van der Waals surface area contributed by atoms with Gasteiger partial charge in [-0.1, -0.05) is 37.1 Å². The lowest BCUT2D eigenvalue weighted by Gasteiger charge is -2.44. The first-order valence-corrected chi connectivity index (χ1v) is 12.5. The Morgan fingerprint density at radius 2 is 1.85 bits per heavy atom. The van der Waals surface area contributed by atoms with Crippen molar-refractivity contribution in [3.63, 3.8) is 0 Å². The number of aliphatic hydroxyl groups excluding tert-OH is 2. The highest BCUT2D eigenvalue weighted by molar-refractivity contribution is 5.77. The normalized spacial score (nSPS) is 36.0. The van der Waals surface area contributed by atoms with E-state index in [1.165, 1.54) is 5.57 Å². The van der Waals surface area contributed by atoms with E-state index in [1.807, 2.05) is 6.92 Å². The third kappa shape index (κ3) is 6.05. The summed E-state index contributed by atoms with van der Waals surface area (Å²) in [4.78, 5) is 12.1. The highest BCUT2D eigenvalue weighted by atomic mass is 19.4. The standard InChI is InChI=1S/C26H40F3NO4/c1-16(15-30-23(33)14-25(3,34)26(27,28)29)21-8-9-22-18(5-4-10-24(21,22)2)7-6-17-11-19(31)13-20(32)12-17/h6-7,16,19-22,31-32,34H,4-5,8-15H2,1-3H3,(H,30,33)/t16-,19?,20?,21?,22?,24-,25-/m1/s1. The van der Waals surface area contributed by atoms with Gasteiger partial charge in [0, 0.05) is 6.54 Å². The third-order valence-electron chi connectivity index (χ3n) is 8.53. The van der Waals surface area contributed by atoms with Gasteiger partial charge in [0.2, 0.25) is 5.91 Å². The molecule has 194 valence electrons. The Balaban J connectivity index is 1.62. The second kappa shape index (κ2) is 10.3. The summed E-state index contributed by atoms with van der Waals surface area (Å²) >= 11 is 0. The van der Waals surface area contributed by atoms with Crippen LogP contribution in [0.1, 0.15) is 78.6 Å². The zero-order chi connectivity index (χ0) is 25.3. The molecule has 0 aromatic heterocycles. The van der Waals surface area contributed by atoms with E-state index in [2.05, 4.69) is 24.4 Å². The molecule has 8 heteroatoms. The summed E-state index contributed by atoms with van der Waals surface area (Å²) in [5.41, 5.74) is -0.495. The number of carbonyl (C=O) groups is 1. The van der Waals surface area contributed by atoms with Crippen molar-refractivity contribution in [3.05, 3.63) is 23.3 Å². The molecule has 7 atom stereocenters. The molecule has 0 saturated heterocycles. The minimum Gasteiger partial charge on any atom is -0.393 e. The van der Waals surface area contributed by atoms with E-state index in [0.717, 1.165) is 37.7 Å². The number of hydrogen-bond donors (Lipinski definition) is 4. The number of fused-ring (bicyclic) bond motifs is 1. The Labute approximate surface area is 200 Å². The summed E-state index contributed by atoms with van der Waals surface area (Å²) in [5, 5.41) is 32.1. The number of halogens is 3. The monoisotopic (exact) mass is 487 g/mol. The molecule has 3 aliphatic rings. The van der Waals surface area contributed by atoms with Crippen LogP contribution in [-0.4, -0.2) is 51.8 Å². The van der Waals surface area contributed by atoms with Crippen LogP contribution in [0.5, 0.6) is 0 Å². The van der Waals surface area contributed by atoms with Crippen LogP contribution in [0.2, 0.25) is 0 Å². The van der Waals surface area contributed by atoms with E-state index in [4.69, 9.17) is 0 Å². The number of nitrogens with one attached hydrogen (secondary N) is 1. The lowest BCUT2D eigenvalue weighted by atomic mass is 9.61. The summed E-state index contributed by atoms with van der Waals surface area (Å²) in [6.45, 7) is 5.26. The Hall–Kier alpha value is -1.38. The third-order valence-corrected chi connectivity index (χ3v) is 8.53. The lowest BCUT2D eigenvalue weighted by Crippen LogP contribution is -2.47. The number of alkyl halides is 3. The Morgan fingerprint density at radius 3 is 2.47 bits per heavy atom. The average Bonchev–Trinajstić information content (AvgIpc) is 3.06. The molecule has 0 spiro atoms. The molecule has 3 fully saturated rings. The van der Waals surface area contributed by atoms with Crippen LogP contribution in [0.15, 0.2) is 23.3 Å². The molecule has 4 N–H and O–H groups in total. The van der Waals surface area contributed by atoms with Crippen LogP contribution in [0, 0.1) is 23.2 Å². The van der Waals surface area contributed by atoms with E-state index >= 15 is 0 Å². The summed E-state index contributed by atoms with van der Waals surface area (Å²) in [7, 11) is 0. The first-order valence-electron chi connectivity index (χ1n) is 12.5. The summed E-state index contributed by atoms with van der Waals surface area (Å²) in [6, 6.07) is 0. The maximum Gasteiger partial charge on any atom is 0.417 e. The predicted molar refractivity (Wildman–Crippen MR) is 124 cm³/mol. The quantitative estimate of drug-likeness (QED) is 0.447. The molecule has 5 nitrogen and oxygen atoms in total. The van der Waals surface area contributed by atoms with Crippen molar-refractivity contribution >= 4 is 5.91 Å². The van der Waals surface area contributed by atoms with Crippen molar-refractivity contribution in [3.8, 4) is 0 Å². The molecular weight excluding hydrogens is 447 g/mol. The van der Waals surface area contributed by atoms with Gasteiger partial charge in [-0.05, 0) is 81.5 Å². The number of carbonyl (C=O) groups excluding carboxylic acids is 1. The fourth-order valence-corrected chi connectivity index (χ4v) is 6.64. The first-order chi connectivity index (χ1) is 15.7. The van der Waals surface area contributed by atoms with Crippen molar-refractivity contribution in [2.45, 2.75) is 103 Å². The van der Waals surface area contributed by atoms with Gasteiger partial charge in [-0.3, -0.25) is 4.79 Å². The number of aliphatic hydroxyl groups is 3. The van der Waals surface area contributed by atoms with Gasteiger partial charge in [0.25, 0.3) is 0 Å². The fraction of sp³-hybridized carbons (Fsp3) is 0.808. The van der Waals surface area contributed by atoms with Crippen molar-refractivity contribution in [1.29, 1.82) is 0 Å². The molecule has 4 unspecified atom stereocenters. The zero-order valence-electron chi connectivity index (χ0n) is 20.5. The predicted octanol–water partition coefficient (Wildman–Crippen LogP) is 4.42. The Morgan fingerprint density at radius 1 is 1.21 bits per heavy atom. The van der Waals surface area contributed by atoms with Crippen LogP contribution < -0.4 is 5.32 Å². The molecule has 0 aliphatic heterocycles. The molecule has 0 radical (unpaired) electrons. The van der Waals surface area contributed by atoms with Crippen LogP contribution >= 0.6 is 0 Å². The number of rotatable bonds is 6. The Bertz CT molecular complexity index is 794. The Kier molecular flexibility index (Phi) is 8.25. The molecule has 3 saturated carbocycles. The lowest BCUT2D eigenvalue weighted by molar-refractivity contribution is -0.253. The highest BCUT2D eigenvalue weighted by Crippen LogP contribution is 2.59. The SMILES string of the molecule is C[C@H](CNC(=O)C[C@@](C)(O)C(F)(F)F)C1CCC2C(=CC=C3CC(O)CC(O)C3)CCC[C@@]21C. The van der Waals surface area contributed by atoms with Gasteiger partial charge < -0.3 is 20.6 Å². The highest BCUT2D eigenvalue weighted by Gasteiger charge is 2.52. The number of hydrogen-bond acceptors (Lipinski definition) is 4. The van der Waals surface area contributed by atoms with E-state index in [-0.39, 0.29) is 11.3 Å². The molecule has 34 heavy (non-hydrogen) atoms. The van der Waals surface area contributed by atoms with Gasteiger partial charge in [0.05, 0.1) is 18.6 Å². The summed E-state index contributed by atoms with van der Waals surface area (Å²) < 4.78 is 38.6. The average molecular weight is 488 g/mol. The van der Waals surface area contributed by atoms with Gasteiger partial charge >= 0.3 is 6.18 Å². The molecular formula is C26H40F3NO4. The molecule has 0 heterocycles. The zero-order valence-corrected chi connectivity index (χ0v) is 20.5. The van der Waals surface area contributed by atoms with E-state index in [0.29, 0.717) is 44.6 Å². The van der Waals surface area contributed by atoms with Crippen molar-refractivity contribution in [1.82, 2.24) is 5.32 Å². The molecule has 0 aromatic carbocycles. The van der Waals surface area contributed by atoms with Gasteiger partial charge in [-0.25, -0.2) is 0 Å². The molecule has 1 amide bonds. The number of allylic oxidation sites excluding steroid dienone is 3. The molecule has 0 bridgehead atoms. The second-order valence-electron chi connectivity index (χ2n) is 11.3. The maximum absolute atomic E-state index is 12.9. The molecule has 3 aliphatic carbocycles. The van der Waals surface area contributed by atoms with Crippen molar-refractivity contribution in [2.24, 2.45) is 23.2 Å². The van der Waals surface area contributed by atoms with Crippen LogP contribution in [-0.2, 0) is 4.79 Å². The van der Waals surface area contributed by atoms with Gasteiger partial charge in [-0.2, -0.15) is 13.2 Å². The molecule has 3 rings (SSSR count). The van der Waals surface area contributed by atoms with Crippen molar-refractivity contribution in [2.75, 3.05) is 6.54 Å². The first kappa shape index (κ1) is 27.2. The van der Waals surface area contributed by atoms with Crippen LogP contribution in [0.3, 0.4) is 0 Å². The minimum absolute atomic E-state index is 0.0653. The van der Waals surface area contributed by atoms with E-state index in [1.54, 1.807) is 0 Å². The number of amides is 1. The maximum atomic E-state index is 12.9. The van der Waals surface area contributed by atoms with Gasteiger partial charge in [-0.15, -0.1) is 0 Å². The van der Waals surface area contributed by atoms with Crippen molar-refractivity contribution < 1.29 is 33.3 Å². The topological polar surface area (TPSA) is 89.8 Å². The van der Waals surface area contributed by atoms with E-state index in [9.17, 15) is 33.3 Å². The smallest absolute Gasteiger partial charge is 0.393 e. The summed E-state index contributed by atoms with van der Waals surface area (Å²) in [5.74, 6) is 0.0824. The van der Waals surface area contributed by atoms with Gasteiger partial charge in [0.1, 0.15) is 0 Å². The summed E-state index contributed by atoms with van der Waals surface area (Å²) in [6.07, 6.45) is 4.29. The van der Waals surface area contributed by atoms with Crippen LogP contribution in [0.25, 0.3) is 0 Å². The fourth-order valence-electron chi connectivity index (χ4n) is 6.64. The van der Waals surface area contributed by atoms with Gasteiger partial charge in [0.15, 0.2) is 5.60 Å². The van der Waals surface area contributed by atoms with E-state index < -0.39 is 36.3 Å². The minimum atomic E-state index is -4.85. The largest absolute Gasteiger partial charge is 0.417 e. The molecule has 0 aromatic rings. The second-order valence-corrected chi connectivity index (χ2v) is 11.3.